The van der Waals surface area contributed by atoms with E-state index >= 15 is 0 Å². The van der Waals surface area contributed by atoms with Crippen molar-refractivity contribution in [2.75, 3.05) is 13.7 Å². The zero-order valence-electron chi connectivity index (χ0n) is 16.1. The van der Waals surface area contributed by atoms with Crippen molar-refractivity contribution in [3.05, 3.63) is 77.3 Å². The first-order valence-corrected chi connectivity index (χ1v) is 9.46. The van der Waals surface area contributed by atoms with Gasteiger partial charge < -0.3 is 14.1 Å². The van der Waals surface area contributed by atoms with Gasteiger partial charge in [0.1, 0.15) is 12.0 Å². The predicted octanol–water partition coefficient (Wildman–Crippen LogP) is 3.95. The van der Waals surface area contributed by atoms with Crippen LogP contribution in [0.5, 0.6) is 5.75 Å². The van der Waals surface area contributed by atoms with Gasteiger partial charge in [-0.05, 0) is 31.0 Å². The van der Waals surface area contributed by atoms with E-state index in [1.54, 1.807) is 14.0 Å². The summed E-state index contributed by atoms with van der Waals surface area (Å²) >= 11 is 0. The van der Waals surface area contributed by atoms with Crippen LogP contribution in [0.25, 0.3) is 0 Å². The van der Waals surface area contributed by atoms with Crippen molar-refractivity contribution in [3.8, 4) is 5.75 Å². The molecule has 1 atom stereocenters. The fourth-order valence-electron chi connectivity index (χ4n) is 3.75. The number of methoxy groups -OCH3 is 1. The summed E-state index contributed by atoms with van der Waals surface area (Å²) in [7, 11) is 1.68. The second kappa shape index (κ2) is 7.84. The number of aryl methyl sites for hydroxylation is 1. The fraction of sp³-hybridized carbons (Fsp3) is 0.318. The van der Waals surface area contributed by atoms with Gasteiger partial charge in [-0.25, -0.2) is 4.98 Å². The van der Waals surface area contributed by atoms with Crippen LogP contribution in [-0.2, 0) is 6.42 Å². The van der Waals surface area contributed by atoms with Crippen molar-refractivity contribution in [1.29, 1.82) is 0 Å². The largest absolute Gasteiger partial charge is 0.496 e. The average Bonchev–Trinajstić information content (AvgIpc) is 3.37. The lowest BCUT2D eigenvalue weighted by molar-refractivity contribution is 0.0726. The maximum Gasteiger partial charge on any atom is 0.276 e. The van der Waals surface area contributed by atoms with Crippen LogP contribution in [-0.4, -0.2) is 34.4 Å². The lowest BCUT2D eigenvalue weighted by Crippen LogP contribution is -2.31. The summed E-state index contributed by atoms with van der Waals surface area (Å²) in [5, 5.41) is 0. The Morgan fingerprint density at radius 1 is 1.21 bits per heavy atom. The van der Waals surface area contributed by atoms with Gasteiger partial charge in [-0.2, -0.15) is 0 Å². The molecule has 0 radical (unpaired) electrons. The Morgan fingerprint density at radius 2 is 2.07 bits per heavy atom. The summed E-state index contributed by atoms with van der Waals surface area (Å²) < 4.78 is 10.7. The molecule has 6 heteroatoms. The minimum atomic E-state index is -0.101. The van der Waals surface area contributed by atoms with E-state index in [1.807, 2.05) is 47.4 Å². The van der Waals surface area contributed by atoms with Crippen LogP contribution < -0.4 is 4.74 Å². The molecule has 1 aliphatic rings. The highest BCUT2D eigenvalue weighted by atomic mass is 16.5. The monoisotopic (exact) mass is 377 g/mol. The molecule has 1 aromatic carbocycles. The van der Waals surface area contributed by atoms with Gasteiger partial charge in [-0.3, -0.25) is 9.78 Å². The van der Waals surface area contributed by atoms with Gasteiger partial charge in [-0.15, -0.1) is 0 Å². The summed E-state index contributed by atoms with van der Waals surface area (Å²) in [6, 6.07) is 13.9. The Hall–Kier alpha value is -3.15. The van der Waals surface area contributed by atoms with Gasteiger partial charge in [0.25, 0.3) is 5.91 Å². The number of hydrogen-bond acceptors (Lipinski definition) is 5. The summed E-state index contributed by atoms with van der Waals surface area (Å²) in [6.07, 6.45) is 3.96. The smallest absolute Gasteiger partial charge is 0.276 e. The van der Waals surface area contributed by atoms with E-state index < -0.39 is 0 Å². The number of likely N-dealkylation sites (tertiary alicyclic amines) is 1. The van der Waals surface area contributed by atoms with Crippen LogP contribution >= 0.6 is 0 Å². The Morgan fingerprint density at radius 3 is 2.86 bits per heavy atom. The van der Waals surface area contributed by atoms with Crippen LogP contribution in [0.1, 0.15) is 52.2 Å². The second-order valence-corrected chi connectivity index (χ2v) is 6.95. The molecule has 2 aromatic heterocycles. The molecule has 0 aliphatic carbocycles. The molecule has 0 unspecified atom stereocenters. The predicted molar refractivity (Wildman–Crippen MR) is 104 cm³/mol. The lowest BCUT2D eigenvalue weighted by atomic mass is 10.1. The van der Waals surface area contributed by atoms with E-state index in [-0.39, 0.29) is 11.9 Å². The Bertz CT molecular complexity index is 982. The highest BCUT2D eigenvalue weighted by molar-refractivity contribution is 5.92. The van der Waals surface area contributed by atoms with Gasteiger partial charge in [0.15, 0.2) is 11.6 Å². The van der Waals surface area contributed by atoms with Gasteiger partial charge in [0.2, 0.25) is 0 Å². The molecule has 0 bridgehead atoms. The number of oxazole rings is 1. The van der Waals surface area contributed by atoms with Gasteiger partial charge in [-0.1, -0.05) is 24.3 Å². The zero-order valence-corrected chi connectivity index (χ0v) is 16.1. The fourth-order valence-corrected chi connectivity index (χ4v) is 3.75. The van der Waals surface area contributed by atoms with E-state index in [4.69, 9.17) is 14.1 Å². The van der Waals surface area contributed by atoms with E-state index in [0.29, 0.717) is 24.6 Å². The van der Waals surface area contributed by atoms with E-state index in [1.165, 1.54) is 6.26 Å². The molecule has 4 rings (SSSR count). The number of aromatic nitrogens is 2. The van der Waals surface area contributed by atoms with Crippen LogP contribution in [0.15, 0.2) is 53.1 Å². The standard InChI is InChI=1S/C22H23N3O3/c1-15-23-19(14-28-15)22(26)25-12-6-10-20(25)18-9-5-8-17(24-18)13-16-7-3-4-11-21(16)27-2/h3-5,7-9,11,14,20H,6,10,12-13H2,1-2H3/t20-/m1/s1. The Balaban J connectivity index is 1.57. The topological polar surface area (TPSA) is 68.5 Å². The molecule has 1 amide bonds. The van der Waals surface area contributed by atoms with E-state index in [0.717, 1.165) is 35.5 Å². The van der Waals surface area contributed by atoms with Crippen LogP contribution in [0.4, 0.5) is 0 Å². The Labute approximate surface area is 164 Å². The van der Waals surface area contributed by atoms with Crippen molar-refractivity contribution in [1.82, 2.24) is 14.9 Å². The van der Waals surface area contributed by atoms with Gasteiger partial charge >= 0.3 is 0 Å². The number of amides is 1. The molecule has 1 aliphatic heterocycles. The van der Waals surface area contributed by atoms with Crippen molar-refractivity contribution in [3.63, 3.8) is 0 Å². The third kappa shape index (κ3) is 3.63. The van der Waals surface area contributed by atoms with E-state index in [2.05, 4.69) is 4.98 Å². The van der Waals surface area contributed by atoms with E-state index in [9.17, 15) is 4.79 Å². The molecule has 1 fully saturated rings. The minimum Gasteiger partial charge on any atom is -0.496 e. The quantitative estimate of drug-likeness (QED) is 0.673. The number of carbonyl (C=O) groups excluding carboxylic acids is 1. The number of rotatable bonds is 5. The van der Waals surface area contributed by atoms with Crippen LogP contribution in [0.2, 0.25) is 0 Å². The summed E-state index contributed by atoms with van der Waals surface area (Å²) in [4.78, 5) is 23.8. The number of pyridine rings is 1. The molecule has 28 heavy (non-hydrogen) atoms. The number of nitrogens with zero attached hydrogens (tertiary/aromatic N) is 3. The molecule has 3 aromatic rings. The summed E-state index contributed by atoms with van der Waals surface area (Å²) in [5.41, 5.74) is 3.32. The first-order valence-electron chi connectivity index (χ1n) is 9.46. The van der Waals surface area contributed by atoms with Crippen LogP contribution in [0, 0.1) is 6.92 Å². The summed E-state index contributed by atoms with van der Waals surface area (Å²) in [6.45, 7) is 2.44. The molecule has 0 spiro atoms. The zero-order chi connectivity index (χ0) is 19.5. The minimum absolute atomic E-state index is 0.0397. The summed E-state index contributed by atoms with van der Waals surface area (Å²) in [5.74, 6) is 1.25. The number of ether oxygens (including phenoxy) is 1. The number of benzene rings is 1. The highest BCUT2D eigenvalue weighted by Gasteiger charge is 2.32. The number of para-hydroxylation sites is 1. The van der Waals surface area contributed by atoms with Crippen molar-refractivity contribution < 1.29 is 13.9 Å². The lowest BCUT2D eigenvalue weighted by Gasteiger charge is -2.23. The normalized spacial score (nSPS) is 16.4. The molecule has 144 valence electrons. The van der Waals surface area contributed by atoms with Crippen molar-refractivity contribution in [2.24, 2.45) is 0 Å². The SMILES string of the molecule is COc1ccccc1Cc1cccc([C@H]2CCCN2C(=O)c2coc(C)n2)n1. The first kappa shape index (κ1) is 18.2. The van der Waals surface area contributed by atoms with Crippen molar-refractivity contribution in [2.45, 2.75) is 32.2 Å². The third-order valence-electron chi connectivity index (χ3n) is 5.09. The second-order valence-electron chi connectivity index (χ2n) is 6.95. The molecule has 1 saturated heterocycles. The molecular weight excluding hydrogens is 354 g/mol. The highest BCUT2D eigenvalue weighted by Crippen LogP contribution is 2.32. The molecule has 0 N–H and O–H groups in total. The average molecular weight is 377 g/mol. The molecule has 3 heterocycles. The van der Waals surface area contributed by atoms with Crippen molar-refractivity contribution >= 4 is 5.91 Å². The Kier molecular flexibility index (Phi) is 5.10. The number of carbonyl (C=O) groups is 1. The third-order valence-corrected chi connectivity index (χ3v) is 5.09. The molecule has 0 saturated carbocycles. The molecule has 6 nitrogen and oxygen atoms in total. The van der Waals surface area contributed by atoms with Gasteiger partial charge in [0.05, 0.1) is 18.8 Å². The number of hydrogen-bond donors (Lipinski definition) is 0. The maximum absolute atomic E-state index is 12.9. The van der Waals surface area contributed by atoms with Crippen LogP contribution in [0.3, 0.4) is 0 Å². The maximum atomic E-state index is 12.9. The van der Waals surface area contributed by atoms with Gasteiger partial charge in [0, 0.05) is 31.1 Å². The first-order chi connectivity index (χ1) is 13.7. The molecular formula is C22H23N3O3.